The van der Waals surface area contributed by atoms with Crippen LogP contribution in [-0.4, -0.2) is 49.2 Å². The number of ether oxygens (including phenoxy) is 1. The maximum Gasteiger partial charge on any atom is 0.327 e. The standard InChI is InChI=1S/C15H30N2O2/c1-11(2)13-7-8-17(9-13)10-15(5,14(18)19-6)16-12(3)4/h11-13,16H,7-10H2,1-6H3. The summed E-state index contributed by atoms with van der Waals surface area (Å²) in [6.45, 7) is 13.5. The number of nitrogens with zero attached hydrogens (tertiary/aromatic N) is 1. The van der Waals surface area contributed by atoms with E-state index in [0.717, 1.165) is 25.6 Å². The largest absolute Gasteiger partial charge is 0.468 e. The molecule has 1 fully saturated rings. The van der Waals surface area contributed by atoms with E-state index in [-0.39, 0.29) is 12.0 Å². The minimum atomic E-state index is -0.616. The number of carbonyl (C=O) groups is 1. The first-order valence-electron chi connectivity index (χ1n) is 7.37. The summed E-state index contributed by atoms with van der Waals surface area (Å²) < 4.78 is 4.97. The second-order valence-corrected chi connectivity index (χ2v) is 6.65. The highest BCUT2D eigenvalue weighted by Gasteiger charge is 2.38. The minimum absolute atomic E-state index is 0.172. The highest BCUT2D eigenvalue weighted by molar-refractivity contribution is 5.80. The van der Waals surface area contributed by atoms with Crippen LogP contribution in [0.25, 0.3) is 0 Å². The number of likely N-dealkylation sites (tertiary alicyclic amines) is 1. The van der Waals surface area contributed by atoms with Gasteiger partial charge < -0.3 is 9.64 Å². The third-order valence-corrected chi connectivity index (χ3v) is 4.03. The lowest BCUT2D eigenvalue weighted by atomic mass is 9.95. The van der Waals surface area contributed by atoms with E-state index in [2.05, 4.69) is 37.9 Å². The topological polar surface area (TPSA) is 41.6 Å². The fourth-order valence-electron chi connectivity index (χ4n) is 3.03. The Morgan fingerprint density at radius 2 is 2.05 bits per heavy atom. The van der Waals surface area contributed by atoms with Gasteiger partial charge in [0.15, 0.2) is 0 Å². The number of hydrogen-bond acceptors (Lipinski definition) is 4. The van der Waals surface area contributed by atoms with Crippen molar-refractivity contribution in [2.75, 3.05) is 26.7 Å². The van der Waals surface area contributed by atoms with Crippen molar-refractivity contribution in [1.29, 1.82) is 0 Å². The molecule has 1 heterocycles. The average Bonchev–Trinajstić information content (AvgIpc) is 2.75. The summed E-state index contributed by atoms with van der Waals surface area (Å²) in [5.74, 6) is 1.29. The van der Waals surface area contributed by atoms with Crippen LogP contribution in [0.1, 0.15) is 41.0 Å². The predicted molar refractivity (Wildman–Crippen MR) is 78.1 cm³/mol. The van der Waals surface area contributed by atoms with Gasteiger partial charge in [-0.15, -0.1) is 0 Å². The molecule has 0 aromatic carbocycles. The summed E-state index contributed by atoms with van der Waals surface area (Å²) in [5.41, 5.74) is -0.616. The van der Waals surface area contributed by atoms with Crippen LogP contribution in [0.2, 0.25) is 0 Å². The molecule has 0 amide bonds. The van der Waals surface area contributed by atoms with Gasteiger partial charge in [-0.25, -0.2) is 0 Å². The molecule has 2 unspecified atom stereocenters. The van der Waals surface area contributed by atoms with Crippen LogP contribution >= 0.6 is 0 Å². The summed E-state index contributed by atoms with van der Waals surface area (Å²) in [5, 5.41) is 3.36. The van der Waals surface area contributed by atoms with Crippen LogP contribution in [-0.2, 0) is 9.53 Å². The van der Waals surface area contributed by atoms with Crippen molar-refractivity contribution >= 4 is 5.97 Å². The van der Waals surface area contributed by atoms with Gasteiger partial charge in [0.25, 0.3) is 0 Å². The molecule has 1 aliphatic rings. The number of esters is 1. The first kappa shape index (κ1) is 16.4. The molecule has 0 bridgehead atoms. The van der Waals surface area contributed by atoms with E-state index in [1.54, 1.807) is 0 Å². The second-order valence-electron chi connectivity index (χ2n) is 6.65. The number of hydrogen-bond donors (Lipinski definition) is 1. The Labute approximate surface area is 117 Å². The third-order valence-electron chi connectivity index (χ3n) is 4.03. The van der Waals surface area contributed by atoms with Crippen LogP contribution in [0.15, 0.2) is 0 Å². The molecule has 0 saturated carbocycles. The molecule has 1 rings (SSSR count). The average molecular weight is 270 g/mol. The monoisotopic (exact) mass is 270 g/mol. The summed E-state index contributed by atoms with van der Waals surface area (Å²) in [6.07, 6.45) is 1.23. The number of methoxy groups -OCH3 is 1. The van der Waals surface area contributed by atoms with E-state index in [1.807, 2.05) is 6.92 Å². The van der Waals surface area contributed by atoms with Crippen molar-refractivity contribution in [3.63, 3.8) is 0 Å². The van der Waals surface area contributed by atoms with Gasteiger partial charge in [0, 0.05) is 19.1 Å². The van der Waals surface area contributed by atoms with Gasteiger partial charge in [0.2, 0.25) is 0 Å². The van der Waals surface area contributed by atoms with Gasteiger partial charge in [-0.2, -0.15) is 0 Å². The molecular formula is C15H30N2O2. The van der Waals surface area contributed by atoms with Crippen molar-refractivity contribution in [2.24, 2.45) is 11.8 Å². The zero-order chi connectivity index (χ0) is 14.6. The van der Waals surface area contributed by atoms with Crippen LogP contribution in [0, 0.1) is 11.8 Å². The Balaban J connectivity index is 2.66. The fraction of sp³-hybridized carbons (Fsp3) is 0.933. The van der Waals surface area contributed by atoms with E-state index in [4.69, 9.17) is 4.74 Å². The zero-order valence-corrected chi connectivity index (χ0v) is 13.3. The molecule has 1 N–H and O–H groups in total. The number of rotatable bonds is 6. The van der Waals surface area contributed by atoms with Crippen molar-refractivity contribution in [1.82, 2.24) is 10.2 Å². The minimum Gasteiger partial charge on any atom is -0.468 e. The van der Waals surface area contributed by atoms with Gasteiger partial charge in [-0.3, -0.25) is 10.1 Å². The summed E-state index contributed by atoms with van der Waals surface area (Å²) in [4.78, 5) is 14.4. The Kier molecular flexibility index (Phi) is 5.81. The SMILES string of the molecule is COC(=O)C(C)(CN1CCC(C(C)C)C1)NC(C)C. The third kappa shape index (κ3) is 4.46. The van der Waals surface area contributed by atoms with Gasteiger partial charge in [-0.05, 0) is 45.6 Å². The maximum absolute atomic E-state index is 12.1. The first-order chi connectivity index (χ1) is 8.78. The molecule has 1 aliphatic heterocycles. The molecule has 0 radical (unpaired) electrons. The molecule has 0 aromatic heterocycles. The van der Waals surface area contributed by atoms with Crippen LogP contribution < -0.4 is 5.32 Å². The molecule has 19 heavy (non-hydrogen) atoms. The summed E-state index contributed by atoms with van der Waals surface area (Å²) in [7, 11) is 1.46. The molecule has 1 saturated heterocycles. The quantitative estimate of drug-likeness (QED) is 0.749. The van der Waals surface area contributed by atoms with E-state index in [1.165, 1.54) is 13.5 Å². The van der Waals surface area contributed by atoms with Crippen molar-refractivity contribution in [2.45, 2.75) is 52.6 Å². The van der Waals surface area contributed by atoms with Gasteiger partial charge in [0.05, 0.1) is 7.11 Å². The van der Waals surface area contributed by atoms with Crippen LogP contribution in [0.5, 0.6) is 0 Å². The van der Waals surface area contributed by atoms with Crippen molar-refractivity contribution < 1.29 is 9.53 Å². The Bertz CT molecular complexity index is 305. The molecule has 112 valence electrons. The molecular weight excluding hydrogens is 240 g/mol. The Hall–Kier alpha value is -0.610. The summed E-state index contributed by atoms with van der Waals surface area (Å²) >= 11 is 0. The van der Waals surface area contributed by atoms with Gasteiger partial charge in [-0.1, -0.05) is 13.8 Å². The van der Waals surface area contributed by atoms with Gasteiger partial charge in [0.1, 0.15) is 5.54 Å². The van der Waals surface area contributed by atoms with Crippen LogP contribution in [0.4, 0.5) is 0 Å². The molecule has 0 aromatic rings. The number of carbonyl (C=O) groups excluding carboxylic acids is 1. The molecule has 0 spiro atoms. The Morgan fingerprint density at radius 1 is 1.42 bits per heavy atom. The second kappa shape index (κ2) is 6.71. The predicted octanol–water partition coefficient (Wildman–Crippen LogP) is 1.89. The first-order valence-corrected chi connectivity index (χ1v) is 7.37. The zero-order valence-electron chi connectivity index (χ0n) is 13.3. The highest BCUT2D eigenvalue weighted by atomic mass is 16.5. The van der Waals surface area contributed by atoms with Crippen LogP contribution in [0.3, 0.4) is 0 Å². The highest BCUT2D eigenvalue weighted by Crippen LogP contribution is 2.25. The van der Waals surface area contributed by atoms with E-state index >= 15 is 0 Å². The molecule has 2 atom stereocenters. The smallest absolute Gasteiger partial charge is 0.327 e. The lowest BCUT2D eigenvalue weighted by molar-refractivity contribution is -0.149. The maximum atomic E-state index is 12.1. The van der Waals surface area contributed by atoms with E-state index in [0.29, 0.717) is 5.92 Å². The Morgan fingerprint density at radius 3 is 2.47 bits per heavy atom. The lowest BCUT2D eigenvalue weighted by Gasteiger charge is -2.34. The fourth-order valence-corrected chi connectivity index (χ4v) is 3.03. The number of nitrogens with one attached hydrogen (secondary N) is 1. The molecule has 0 aliphatic carbocycles. The molecule has 4 nitrogen and oxygen atoms in total. The lowest BCUT2D eigenvalue weighted by Crippen LogP contribution is -2.59. The summed E-state index contributed by atoms with van der Waals surface area (Å²) in [6, 6.07) is 0.257. The van der Waals surface area contributed by atoms with Crippen molar-refractivity contribution in [3.8, 4) is 0 Å². The van der Waals surface area contributed by atoms with Crippen molar-refractivity contribution in [3.05, 3.63) is 0 Å². The van der Waals surface area contributed by atoms with E-state index in [9.17, 15) is 4.79 Å². The van der Waals surface area contributed by atoms with Gasteiger partial charge >= 0.3 is 5.97 Å². The normalized spacial score (nSPS) is 23.9. The van der Waals surface area contributed by atoms with E-state index < -0.39 is 5.54 Å². The molecule has 4 heteroatoms.